The molecule has 1 atom stereocenters. The summed E-state index contributed by atoms with van der Waals surface area (Å²) in [5, 5.41) is 0. The number of nitrogens with zero attached hydrogens (tertiary/aromatic N) is 4. The number of hydrogen-bond acceptors (Lipinski definition) is 5. The summed E-state index contributed by atoms with van der Waals surface area (Å²) in [4.78, 5) is 34.7. The second kappa shape index (κ2) is 9.17. The van der Waals surface area contributed by atoms with E-state index < -0.39 is 23.5 Å². The maximum Gasteiger partial charge on any atom is 0.446 e. The maximum atomic E-state index is 13.1. The lowest BCUT2D eigenvalue weighted by molar-refractivity contribution is -0.119. The SMILES string of the molecule is CCN(CC)c1cnccc1CN1C(=O)N(c2ccc(SC(F)(F)F)cc2)C(=O)C1C. The molecule has 1 aromatic carbocycles. The molecule has 0 radical (unpaired) electrons. The van der Waals surface area contributed by atoms with Crippen molar-refractivity contribution in [1.82, 2.24) is 9.88 Å². The molecule has 0 saturated carbocycles. The van der Waals surface area contributed by atoms with Gasteiger partial charge < -0.3 is 9.80 Å². The van der Waals surface area contributed by atoms with E-state index in [2.05, 4.69) is 9.88 Å². The maximum absolute atomic E-state index is 13.1. The van der Waals surface area contributed by atoms with Gasteiger partial charge in [0.2, 0.25) is 0 Å². The molecule has 166 valence electrons. The summed E-state index contributed by atoms with van der Waals surface area (Å²) in [7, 11) is 0. The van der Waals surface area contributed by atoms with E-state index in [0.29, 0.717) is 0 Å². The van der Waals surface area contributed by atoms with Crippen molar-refractivity contribution < 1.29 is 22.8 Å². The zero-order valence-corrected chi connectivity index (χ0v) is 18.2. The summed E-state index contributed by atoms with van der Waals surface area (Å²) >= 11 is -0.244. The van der Waals surface area contributed by atoms with Gasteiger partial charge in [-0.2, -0.15) is 13.2 Å². The van der Waals surface area contributed by atoms with Gasteiger partial charge in [-0.3, -0.25) is 9.78 Å². The van der Waals surface area contributed by atoms with E-state index in [4.69, 9.17) is 0 Å². The van der Waals surface area contributed by atoms with E-state index in [1.165, 1.54) is 29.2 Å². The Balaban J connectivity index is 1.84. The third kappa shape index (κ3) is 4.95. The number of aromatic nitrogens is 1. The van der Waals surface area contributed by atoms with Crippen LogP contribution in [-0.4, -0.2) is 46.5 Å². The molecule has 2 heterocycles. The lowest BCUT2D eigenvalue weighted by atomic mass is 10.1. The second-order valence-electron chi connectivity index (χ2n) is 6.98. The number of imide groups is 1. The third-order valence-corrected chi connectivity index (χ3v) is 5.88. The molecule has 2 aromatic rings. The predicted molar refractivity (Wildman–Crippen MR) is 114 cm³/mol. The fraction of sp³-hybridized carbons (Fsp3) is 0.381. The molecule has 1 aliphatic heterocycles. The molecule has 10 heteroatoms. The number of carbonyl (C=O) groups excluding carboxylic acids is 2. The largest absolute Gasteiger partial charge is 0.446 e. The van der Waals surface area contributed by atoms with Crippen LogP contribution in [0.15, 0.2) is 47.6 Å². The second-order valence-corrected chi connectivity index (χ2v) is 8.12. The Morgan fingerprint density at radius 2 is 1.74 bits per heavy atom. The van der Waals surface area contributed by atoms with E-state index in [9.17, 15) is 22.8 Å². The van der Waals surface area contributed by atoms with Crippen LogP contribution in [0, 0.1) is 0 Å². The average molecular weight is 453 g/mol. The van der Waals surface area contributed by atoms with E-state index >= 15 is 0 Å². The van der Waals surface area contributed by atoms with Crippen molar-refractivity contribution >= 4 is 35.1 Å². The predicted octanol–water partition coefficient (Wildman–Crippen LogP) is 4.90. The Kier molecular flexibility index (Phi) is 6.78. The van der Waals surface area contributed by atoms with Gasteiger partial charge in [0.05, 0.1) is 24.1 Å². The summed E-state index contributed by atoms with van der Waals surface area (Å²) in [6.45, 7) is 7.45. The quantitative estimate of drug-likeness (QED) is 0.442. The van der Waals surface area contributed by atoms with Gasteiger partial charge >= 0.3 is 11.5 Å². The van der Waals surface area contributed by atoms with E-state index in [1.807, 2.05) is 19.9 Å². The summed E-state index contributed by atoms with van der Waals surface area (Å²) in [6, 6.07) is 5.84. The minimum Gasteiger partial charge on any atom is -0.371 e. The molecule has 31 heavy (non-hydrogen) atoms. The molecule has 1 fully saturated rings. The first-order valence-corrected chi connectivity index (χ1v) is 10.7. The Bertz CT molecular complexity index is 948. The molecule has 3 amide bonds. The monoisotopic (exact) mass is 452 g/mol. The van der Waals surface area contributed by atoms with Gasteiger partial charge in [-0.15, -0.1) is 0 Å². The molecule has 0 spiro atoms. The van der Waals surface area contributed by atoms with Gasteiger partial charge in [-0.05, 0) is 68.4 Å². The Hall–Kier alpha value is -2.75. The molecular formula is C21H23F3N4O2S. The number of hydrogen-bond donors (Lipinski definition) is 0. The first-order chi connectivity index (χ1) is 14.7. The van der Waals surface area contributed by atoms with Crippen LogP contribution in [0.2, 0.25) is 0 Å². The number of carbonyl (C=O) groups is 2. The Labute approximate surface area is 183 Å². The Morgan fingerprint density at radius 3 is 2.32 bits per heavy atom. The summed E-state index contributed by atoms with van der Waals surface area (Å²) < 4.78 is 37.6. The molecule has 1 aliphatic rings. The smallest absolute Gasteiger partial charge is 0.371 e. The normalized spacial score (nSPS) is 16.9. The highest BCUT2D eigenvalue weighted by Gasteiger charge is 2.43. The van der Waals surface area contributed by atoms with Gasteiger partial charge in [-0.1, -0.05) is 0 Å². The van der Waals surface area contributed by atoms with Gasteiger partial charge in [-0.25, -0.2) is 9.69 Å². The fourth-order valence-electron chi connectivity index (χ4n) is 3.53. The molecule has 0 bridgehead atoms. The zero-order valence-electron chi connectivity index (χ0n) is 17.4. The molecular weight excluding hydrogens is 429 g/mol. The molecule has 1 saturated heterocycles. The highest BCUT2D eigenvalue weighted by Crippen LogP contribution is 2.38. The molecule has 0 aliphatic carbocycles. The van der Waals surface area contributed by atoms with Crippen molar-refractivity contribution in [2.24, 2.45) is 0 Å². The van der Waals surface area contributed by atoms with Crippen molar-refractivity contribution in [3.05, 3.63) is 48.3 Å². The minimum absolute atomic E-state index is 0.0131. The van der Waals surface area contributed by atoms with E-state index in [0.717, 1.165) is 29.2 Å². The number of anilines is 2. The average Bonchev–Trinajstić information content (AvgIpc) is 2.93. The van der Waals surface area contributed by atoms with Crippen LogP contribution in [0.1, 0.15) is 26.3 Å². The summed E-state index contributed by atoms with van der Waals surface area (Å²) in [6.07, 6.45) is 3.38. The van der Waals surface area contributed by atoms with Crippen molar-refractivity contribution in [1.29, 1.82) is 0 Å². The summed E-state index contributed by atoms with van der Waals surface area (Å²) in [5.74, 6) is -0.417. The van der Waals surface area contributed by atoms with E-state index in [-0.39, 0.29) is 28.9 Å². The van der Waals surface area contributed by atoms with Gasteiger partial charge in [0.15, 0.2) is 0 Å². The van der Waals surface area contributed by atoms with Crippen molar-refractivity contribution in [2.45, 2.75) is 43.8 Å². The number of amides is 3. The number of pyridine rings is 1. The fourth-order valence-corrected chi connectivity index (χ4v) is 4.07. The van der Waals surface area contributed by atoms with E-state index in [1.54, 1.807) is 19.3 Å². The summed E-state index contributed by atoms with van der Waals surface area (Å²) in [5.41, 5.74) is -2.40. The van der Waals surface area contributed by atoms with Crippen LogP contribution in [0.25, 0.3) is 0 Å². The van der Waals surface area contributed by atoms with Crippen LogP contribution in [-0.2, 0) is 11.3 Å². The molecule has 1 aromatic heterocycles. The van der Waals surface area contributed by atoms with Crippen LogP contribution in [0.4, 0.5) is 29.3 Å². The van der Waals surface area contributed by atoms with Crippen LogP contribution < -0.4 is 9.80 Å². The highest BCUT2D eigenvalue weighted by molar-refractivity contribution is 8.00. The lowest BCUT2D eigenvalue weighted by Crippen LogP contribution is -2.34. The third-order valence-electron chi connectivity index (χ3n) is 5.14. The topological polar surface area (TPSA) is 56.8 Å². The lowest BCUT2D eigenvalue weighted by Gasteiger charge is -2.26. The van der Waals surface area contributed by atoms with Crippen LogP contribution in [0.3, 0.4) is 0 Å². The molecule has 0 N–H and O–H groups in total. The van der Waals surface area contributed by atoms with Crippen LogP contribution in [0.5, 0.6) is 0 Å². The van der Waals surface area contributed by atoms with Crippen molar-refractivity contribution in [3.63, 3.8) is 0 Å². The minimum atomic E-state index is -4.40. The van der Waals surface area contributed by atoms with Crippen LogP contribution >= 0.6 is 11.8 Å². The number of urea groups is 1. The standard InChI is InChI=1S/C21H23F3N4O2S/c1-4-26(5-2)18-12-25-11-10-15(18)13-27-14(3)19(29)28(20(27)30)16-6-8-17(9-7-16)31-21(22,23)24/h6-12,14H,4-5,13H2,1-3H3. The zero-order chi connectivity index (χ0) is 22.8. The van der Waals surface area contributed by atoms with Gasteiger partial charge in [0.1, 0.15) is 6.04 Å². The molecule has 6 nitrogen and oxygen atoms in total. The number of thioether (sulfide) groups is 1. The van der Waals surface area contributed by atoms with Crippen molar-refractivity contribution in [2.75, 3.05) is 22.9 Å². The van der Waals surface area contributed by atoms with Gasteiger partial charge in [0.25, 0.3) is 5.91 Å². The Morgan fingerprint density at radius 1 is 1.10 bits per heavy atom. The highest BCUT2D eigenvalue weighted by atomic mass is 32.2. The number of alkyl halides is 3. The number of halogens is 3. The number of benzene rings is 1. The molecule has 1 unspecified atom stereocenters. The molecule has 3 rings (SSSR count). The van der Waals surface area contributed by atoms with Gasteiger partial charge in [0, 0.05) is 24.2 Å². The first kappa shape index (κ1) is 22.9. The number of rotatable bonds is 7. The van der Waals surface area contributed by atoms with Crippen molar-refractivity contribution in [3.8, 4) is 0 Å². The first-order valence-electron chi connectivity index (χ1n) is 9.84.